The topological polar surface area (TPSA) is 122 Å². The molecule has 6 heterocycles. The van der Waals surface area contributed by atoms with E-state index in [-0.39, 0.29) is 29.3 Å². The predicted molar refractivity (Wildman–Crippen MR) is 175 cm³/mol. The average Bonchev–Trinajstić information content (AvgIpc) is 3.81. The highest BCUT2D eigenvalue weighted by Gasteiger charge is 2.39. The van der Waals surface area contributed by atoms with Gasteiger partial charge in [0.2, 0.25) is 18.0 Å². The van der Waals surface area contributed by atoms with Crippen LogP contribution in [0.4, 0.5) is 10.2 Å². The minimum Gasteiger partial charge on any atom is -0.462 e. The van der Waals surface area contributed by atoms with Gasteiger partial charge in [-0.25, -0.2) is 9.37 Å². The van der Waals surface area contributed by atoms with Crippen molar-refractivity contribution in [3.63, 3.8) is 0 Å². The maximum atomic E-state index is 14.1. The molecule has 4 aromatic rings. The van der Waals surface area contributed by atoms with Gasteiger partial charge in [-0.05, 0) is 54.7 Å². The lowest BCUT2D eigenvalue weighted by atomic mass is 10.0. The quantitative estimate of drug-likeness (QED) is 0.201. The highest BCUT2D eigenvalue weighted by Crippen LogP contribution is 2.43. The standard InChI is InChI=1S/C34H30Cl2FN7O4/c35-24-3-4-25(37)30(36)29(24)33-41-31-27(48-33)12-19(13-38-31)21-14-39-44(17-21)22-7-9-42(10-8-22)15-18-1-2-23-20(11-18)16-43(34(23)47)26-5-6-28(45)40-32(26)46/h1-4,11-14,17,22,26,33H,5-10,15-16H2,(H,38,41)(H,40,45,46)/t26?,33-/m0/s1. The lowest BCUT2D eigenvalue weighted by molar-refractivity contribution is -0.136. The number of likely N-dealkylation sites (tertiary alicyclic amines) is 1. The van der Waals surface area contributed by atoms with Gasteiger partial charge in [0.15, 0.2) is 11.6 Å². The molecule has 2 fully saturated rings. The molecule has 2 atom stereocenters. The summed E-state index contributed by atoms with van der Waals surface area (Å²) in [6.07, 6.45) is 7.27. The fraction of sp³-hybridized carbons (Fsp3) is 0.324. The molecule has 0 radical (unpaired) electrons. The van der Waals surface area contributed by atoms with Gasteiger partial charge in [-0.3, -0.25) is 29.3 Å². The van der Waals surface area contributed by atoms with E-state index in [2.05, 4.69) is 31.7 Å². The fourth-order valence-electron chi connectivity index (χ4n) is 7.01. The third-order valence-electron chi connectivity index (χ3n) is 9.57. The number of nitrogens with zero attached hydrogens (tertiary/aromatic N) is 5. The largest absolute Gasteiger partial charge is 0.462 e. The van der Waals surface area contributed by atoms with Crippen molar-refractivity contribution in [1.82, 2.24) is 29.9 Å². The molecule has 11 nitrogen and oxygen atoms in total. The molecule has 4 aliphatic rings. The van der Waals surface area contributed by atoms with Crippen molar-refractivity contribution in [2.24, 2.45) is 0 Å². The summed E-state index contributed by atoms with van der Waals surface area (Å²) in [5.74, 6) is -0.406. The molecule has 1 unspecified atom stereocenters. The van der Waals surface area contributed by atoms with E-state index in [1.807, 2.05) is 35.3 Å². The van der Waals surface area contributed by atoms with Crippen molar-refractivity contribution in [2.45, 2.75) is 57.1 Å². The van der Waals surface area contributed by atoms with E-state index in [1.54, 1.807) is 11.1 Å². The summed E-state index contributed by atoms with van der Waals surface area (Å²) in [5, 5.41) is 10.3. The average molecular weight is 691 g/mol. The number of piperidine rings is 2. The smallest absolute Gasteiger partial charge is 0.255 e. The molecule has 0 bridgehead atoms. The van der Waals surface area contributed by atoms with Crippen LogP contribution >= 0.6 is 23.2 Å². The van der Waals surface area contributed by atoms with Gasteiger partial charge in [-0.1, -0.05) is 35.3 Å². The van der Waals surface area contributed by atoms with E-state index < -0.39 is 24.0 Å². The molecule has 14 heteroatoms. The summed E-state index contributed by atoms with van der Waals surface area (Å²) < 4.78 is 22.2. The zero-order valence-corrected chi connectivity index (χ0v) is 27.1. The second-order valence-corrected chi connectivity index (χ2v) is 13.4. The Morgan fingerprint density at radius 2 is 1.83 bits per heavy atom. The van der Waals surface area contributed by atoms with Crippen LogP contribution in [-0.2, 0) is 22.7 Å². The molecule has 0 spiro atoms. The van der Waals surface area contributed by atoms with E-state index in [0.717, 1.165) is 54.7 Å². The SMILES string of the molecule is O=C1CCC(N2Cc3cc(CN4CCC(n5cc(-c6cnc7c(c6)O[C@@H](c6c(Cl)ccc(F)c6Cl)N7)cn5)CC4)ccc3C2=O)C(=O)N1. The number of amides is 3. The van der Waals surface area contributed by atoms with Gasteiger partial charge in [-0.15, -0.1) is 0 Å². The third kappa shape index (κ3) is 5.57. The third-order valence-corrected chi connectivity index (χ3v) is 10.3. The molecule has 8 rings (SSSR count). The van der Waals surface area contributed by atoms with E-state index in [0.29, 0.717) is 40.7 Å². The van der Waals surface area contributed by atoms with Gasteiger partial charge >= 0.3 is 0 Å². The van der Waals surface area contributed by atoms with Gasteiger partial charge in [0.1, 0.15) is 11.9 Å². The number of anilines is 1. The lowest BCUT2D eigenvalue weighted by Crippen LogP contribution is -2.52. The first-order chi connectivity index (χ1) is 23.2. The Hall–Kier alpha value is -4.52. The number of hydrogen-bond donors (Lipinski definition) is 2. The molecule has 2 aromatic carbocycles. The normalized spacial score (nSPS) is 21.1. The van der Waals surface area contributed by atoms with Crippen LogP contribution in [0.5, 0.6) is 5.75 Å². The Labute approximate surface area is 285 Å². The number of halogens is 3. The maximum Gasteiger partial charge on any atom is 0.255 e. The van der Waals surface area contributed by atoms with Crippen LogP contribution in [-0.4, -0.2) is 61.4 Å². The van der Waals surface area contributed by atoms with Gasteiger partial charge in [0.05, 0.1) is 27.8 Å². The molecule has 2 N–H and O–H groups in total. The Morgan fingerprint density at radius 1 is 1.00 bits per heavy atom. The summed E-state index contributed by atoms with van der Waals surface area (Å²) in [4.78, 5) is 45.5. The van der Waals surface area contributed by atoms with Crippen LogP contribution in [0.3, 0.4) is 0 Å². The van der Waals surface area contributed by atoms with Crippen molar-refractivity contribution in [1.29, 1.82) is 0 Å². The minimum absolute atomic E-state index is 0.0949. The molecular formula is C34H30Cl2FN7O4. The zero-order valence-electron chi connectivity index (χ0n) is 25.6. The molecule has 3 amide bonds. The highest BCUT2D eigenvalue weighted by molar-refractivity contribution is 6.36. The van der Waals surface area contributed by atoms with Crippen molar-refractivity contribution in [3.8, 4) is 16.9 Å². The first kappa shape index (κ1) is 30.8. The van der Waals surface area contributed by atoms with Gasteiger partial charge in [0, 0.05) is 61.7 Å². The lowest BCUT2D eigenvalue weighted by Gasteiger charge is -2.32. The van der Waals surface area contributed by atoms with Crippen LogP contribution < -0.4 is 15.4 Å². The molecule has 246 valence electrons. The van der Waals surface area contributed by atoms with Crippen molar-refractivity contribution in [2.75, 3.05) is 18.4 Å². The summed E-state index contributed by atoms with van der Waals surface area (Å²) in [6.45, 7) is 2.92. The Bertz CT molecular complexity index is 1980. The first-order valence-corrected chi connectivity index (χ1v) is 16.6. The van der Waals surface area contributed by atoms with Crippen LogP contribution in [0.25, 0.3) is 11.1 Å². The number of hydrogen-bond acceptors (Lipinski definition) is 8. The number of nitrogens with one attached hydrogen (secondary N) is 2. The van der Waals surface area contributed by atoms with Crippen LogP contribution in [0.15, 0.2) is 55.0 Å². The van der Waals surface area contributed by atoms with Gasteiger partial charge in [-0.2, -0.15) is 5.10 Å². The fourth-order valence-corrected chi connectivity index (χ4v) is 7.58. The molecular weight excluding hydrogens is 660 g/mol. The maximum absolute atomic E-state index is 14.1. The number of rotatable bonds is 6. The second kappa shape index (κ2) is 12.2. The summed E-state index contributed by atoms with van der Waals surface area (Å²) in [7, 11) is 0. The van der Waals surface area contributed by atoms with E-state index >= 15 is 0 Å². The second-order valence-electron chi connectivity index (χ2n) is 12.6. The van der Waals surface area contributed by atoms with E-state index in [1.165, 1.54) is 12.1 Å². The molecule has 0 saturated carbocycles. The monoisotopic (exact) mass is 689 g/mol. The van der Waals surface area contributed by atoms with Gasteiger partial charge in [0.25, 0.3) is 5.91 Å². The van der Waals surface area contributed by atoms with Gasteiger partial charge < -0.3 is 15.0 Å². The Morgan fingerprint density at radius 3 is 2.65 bits per heavy atom. The molecule has 2 aromatic heterocycles. The number of imide groups is 1. The number of benzene rings is 2. The number of ether oxygens (including phenoxy) is 1. The molecule has 4 aliphatic heterocycles. The predicted octanol–water partition coefficient (Wildman–Crippen LogP) is 5.49. The molecule has 0 aliphatic carbocycles. The van der Waals surface area contributed by atoms with Crippen molar-refractivity contribution in [3.05, 3.63) is 93.1 Å². The van der Waals surface area contributed by atoms with Crippen molar-refractivity contribution < 1.29 is 23.5 Å². The number of carbonyl (C=O) groups is 3. The zero-order chi connectivity index (χ0) is 33.1. The number of carbonyl (C=O) groups excluding carboxylic acids is 3. The van der Waals surface area contributed by atoms with Crippen molar-refractivity contribution >= 4 is 46.7 Å². The van der Waals surface area contributed by atoms with E-state index in [4.69, 9.17) is 27.9 Å². The Balaban J connectivity index is 0.880. The summed E-state index contributed by atoms with van der Waals surface area (Å²) in [5.41, 5.74) is 4.72. The molecule has 48 heavy (non-hydrogen) atoms. The number of fused-ring (bicyclic) bond motifs is 2. The number of aromatic nitrogens is 3. The minimum atomic E-state index is -0.766. The van der Waals surface area contributed by atoms with Crippen LogP contribution in [0, 0.1) is 5.82 Å². The summed E-state index contributed by atoms with van der Waals surface area (Å²) >= 11 is 12.5. The number of pyridine rings is 1. The Kier molecular flexibility index (Phi) is 7.81. The first-order valence-electron chi connectivity index (χ1n) is 15.8. The summed E-state index contributed by atoms with van der Waals surface area (Å²) in [6, 6.07) is 10.1. The highest BCUT2D eigenvalue weighted by atomic mass is 35.5. The molecule has 2 saturated heterocycles. The van der Waals surface area contributed by atoms with Crippen LogP contribution in [0.2, 0.25) is 10.0 Å². The van der Waals surface area contributed by atoms with Crippen LogP contribution in [0.1, 0.15) is 65.0 Å². The van der Waals surface area contributed by atoms with E-state index in [9.17, 15) is 18.8 Å².